The number of aromatic nitrogens is 2. The topological polar surface area (TPSA) is 44.2 Å². The molecule has 0 saturated heterocycles. The minimum Gasteiger partial charge on any atom is -0.457 e. The van der Waals surface area contributed by atoms with Crippen LogP contribution in [0.3, 0.4) is 0 Å². The largest absolute Gasteiger partial charge is 0.457 e. The Morgan fingerprint density at radius 1 is 0.609 bits per heavy atom. The normalized spacial score (nSPS) is 10.8. The molecule has 0 amide bonds. The van der Waals surface area contributed by atoms with E-state index in [-0.39, 0.29) is 6.79 Å². The monoisotopic (exact) mass is 302 g/mol. The smallest absolute Gasteiger partial charge is 0.230 e. The number of hydrogen-bond donors (Lipinski definition) is 0. The fraction of sp³-hybridized carbons (Fsp3) is 0.0526. The minimum absolute atomic E-state index is 0.127. The van der Waals surface area contributed by atoms with Crippen molar-refractivity contribution in [3.8, 4) is 11.5 Å². The molecule has 0 radical (unpaired) electrons. The van der Waals surface area contributed by atoms with E-state index in [2.05, 4.69) is 9.97 Å². The zero-order valence-electron chi connectivity index (χ0n) is 12.3. The van der Waals surface area contributed by atoms with E-state index in [9.17, 15) is 0 Å². The van der Waals surface area contributed by atoms with Gasteiger partial charge in [0.25, 0.3) is 0 Å². The molecule has 0 unspecified atom stereocenters. The van der Waals surface area contributed by atoms with Crippen LogP contribution in [0, 0.1) is 0 Å². The number of nitrogens with zero attached hydrogens (tertiary/aromatic N) is 2. The Balaban J connectivity index is 1.55. The first-order chi connectivity index (χ1) is 11.4. The first-order valence-electron chi connectivity index (χ1n) is 7.35. The molecule has 0 bridgehead atoms. The molecule has 0 atom stereocenters. The Labute approximate surface area is 133 Å². The van der Waals surface area contributed by atoms with Crippen molar-refractivity contribution in [3.05, 3.63) is 73.1 Å². The number of pyridine rings is 2. The number of fused-ring (bicyclic) bond motifs is 2. The molecule has 2 heterocycles. The molecule has 0 spiro atoms. The zero-order chi connectivity index (χ0) is 15.5. The van der Waals surface area contributed by atoms with Crippen molar-refractivity contribution in [1.82, 2.24) is 9.97 Å². The Morgan fingerprint density at radius 2 is 1.13 bits per heavy atom. The van der Waals surface area contributed by atoms with Crippen molar-refractivity contribution in [2.75, 3.05) is 6.79 Å². The molecular weight excluding hydrogens is 288 g/mol. The van der Waals surface area contributed by atoms with E-state index in [0.717, 1.165) is 33.3 Å². The van der Waals surface area contributed by atoms with Gasteiger partial charge in [-0.3, -0.25) is 9.97 Å². The van der Waals surface area contributed by atoms with Gasteiger partial charge >= 0.3 is 0 Å². The lowest BCUT2D eigenvalue weighted by Gasteiger charge is -2.11. The summed E-state index contributed by atoms with van der Waals surface area (Å²) in [7, 11) is 0. The molecule has 0 N–H and O–H groups in total. The van der Waals surface area contributed by atoms with Gasteiger partial charge < -0.3 is 9.47 Å². The molecule has 4 aromatic rings. The second-order valence-electron chi connectivity index (χ2n) is 5.06. The molecule has 4 heteroatoms. The highest BCUT2D eigenvalue weighted by Crippen LogP contribution is 2.26. The maximum Gasteiger partial charge on any atom is 0.230 e. The molecule has 4 rings (SSSR count). The van der Waals surface area contributed by atoms with Gasteiger partial charge in [-0.1, -0.05) is 12.1 Å². The first-order valence-corrected chi connectivity index (χ1v) is 7.35. The Morgan fingerprint density at radius 3 is 1.65 bits per heavy atom. The summed E-state index contributed by atoms with van der Waals surface area (Å²) in [6.45, 7) is 0.127. The third kappa shape index (κ3) is 2.66. The summed E-state index contributed by atoms with van der Waals surface area (Å²) >= 11 is 0. The lowest BCUT2D eigenvalue weighted by molar-refractivity contribution is 0.123. The SMILES string of the molecule is c1cc(OCOc2cccc3ncccc23)c2cccnc2c1. The van der Waals surface area contributed by atoms with E-state index >= 15 is 0 Å². The highest BCUT2D eigenvalue weighted by Gasteiger charge is 2.04. The quantitative estimate of drug-likeness (QED) is 0.530. The summed E-state index contributed by atoms with van der Waals surface area (Å²) < 4.78 is 11.6. The maximum absolute atomic E-state index is 5.79. The highest BCUT2D eigenvalue weighted by molar-refractivity contribution is 5.85. The van der Waals surface area contributed by atoms with Crippen LogP contribution in [0.5, 0.6) is 11.5 Å². The van der Waals surface area contributed by atoms with Crippen LogP contribution in [0.1, 0.15) is 0 Å². The summed E-state index contributed by atoms with van der Waals surface area (Å²) in [6, 6.07) is 19.4. The molecule has 0 aliphatic rings. The summed E-state index contributed by atoms with van der Waals surface area (Å²) in [5.74, 6) is 1.52. The van der Waals surface area contributed by atoms with Gasteiger partial charge in [-0.25, -0.2) is 0 Å². The molecule has 0 fully saturated rings. The van der Waals surface area contributed by atoms with E-state index in [1.165, 1.54) is 0 Å². The molecule has 2 aromatic carbocycles. The van der Waals surface area contributed by atoms with Crippen molar-refractivity contribution in [2.24, 2.45) is 0 Å². The molecule has 0 saturated carbocycles. The lowest BCUT2D eigenvalue weighted by Crippen LogP contribution is -2.06. The molecule has 0 aliphatic heterocycles. The van der Waals surface area contributed by atoms with Crippen LogP contribution >= 0.6 is 0 Å². The maximum atomic E-state index is 5.79. The fourth-order valence-electron chi connectivity index (χ4n) is 2.56. The minimum atomic E-state index is 0.127. The number of rotatable bonds is 4. The van der Waals surface area contributed by atoms with Gasteiger partial charge in [-0.05, 0) is 48.5 Å². The number of hydrogen-bond acceptors (Lipinski definition) is 4. The molecular formula is C19H14N2O2. The van der Waals surface area contributed by atoms with Crippen molar-refractivity contribution in [1.29, 1.82) is 0 Å². The van der Waals surface area contributed by atoms with Gasteiger partial charge in [-0.2, -0.15) is 0 Å². The van der Waals surface area contributed by atoms with E-state index in [1.54, 1.807) is 12.4 Å². The van der Waals surface area contributed by atoms with E-state index < -0.39 is 0 Å². The third-order valence-electron chi connectivity index (χ3n) is 3.64. The summed E-state index contributed by atoms with van der Waals surface area (Å²) in [5, 5.41) is 1.94. The molecule has 23 heavy (non-hydrogen) atoms. The van der Waals surface area contributed by atoms with Crippen molar-refractivity contribution in [2.45, 2.75) is 0 Å². The lowest BCUT2D eigenvalue weighted by atomic mass is 10.2. The van der Waals surface area contributed by atoms with Crippen LogP contribution in [0.25, 0.3) is 21.8 Å². The standard InChI is InChI=1S/C19H14N2O2/c1-7-16-14(5-3-11-20-16)18(9-1)22-13-23-19-10-2-8-17-15(19)6-4-12-21-17/h1-12H,13H2. The van der Waals surface area contributed by atoms with E-state index in [0.29, 0.717) is 0 Å². The summed E-state index contributed by atoms with van der Waals surface area (Å²) in [5.41, 5.74) is 1.80. The average Bonchev–Trinajstić information content (AvgIpc) is 2.62. The first kappa shape index (κ1) is 13.5. The average molecular weight is 302 g/mol. The number of benzene rings is 2. The third-order valence-corrected chi connectivity index (χ3v) is 3.64. The second kappa shape index (κ2) is 5.93. The zero-order valence-corrected chi connectivity index (χ0v) is 12.3. The second-order valence-corrected chi connectivity index (χ2v) is 5.06. The van der Waals surface area contributed by atoms with Crippen molar-refractivity contribution < 1.29 is 9.47 Å². The van der Waals surface area contributed by atoms with Gasteiger partial charge in [0, 0.05) is 23.2 Å². The Kier molecular flexibility index (Phi) is 3.48. The summed E-state index contributed by atoms with van der Waals surface area (Å²) in [4.78, 5) is 8.64. The number of ether oxygens (including phenoxy) is 2. The van der Waals surface area contributed by atoms with Crippen LogP contribution < -0.4 is 9.47 Å². The molecule has 2 aromatic heterocycles. The van der Waals surface area contributed by atoms with Crippen LogP contribution in [-0.4, -0.2) is 16.8 Å². The molecule has 4 nitrogen and oxygen atoms in total. The molecule has 0 aliphatic carbocycles. The van der Waals surface area contributed by atoms with Crippen LogP contribution in [0.15, 0.2) is 73.1 Å². The predicted molar refractivity (Wildman–Crippen MR) is 89.6 cm³/mol. The fourth-order valence-corrected chi connectivity index (χ4v) is 2.56. The Bertz CT molecular complexity index is 879. The van der Waals surface area contributed by atoms with Gasteiger partial charge in [0.2, 0.25) is 6.79 Å². The molecule has 112 valence electrons. The van der Waals surface area contributed by atoms with E-state index in [1.807, 2.05) is 60.7 Å². The predicted octanol–water partition coefficient (Wildman–Crippen LogP) is 4.20. The van der Waals surface area contributed by atoms with Crippen molar-refractivity contribution >= 4 is 21.8 Å². The van der Waals surface area contributed by atoms with Crippen molar-refractivity contribution in [3.63, 3.8) is 0 Å². The van der Waals surface area contributed by atoms with E-state index in [4.69, 9.17) is 9.47 Å². The van der Waals surface area contributed by atoms with Crippen LogP contribution in [0.2, 0.25) is 0 Å². The van der Waals surface area contributed by atoms with Crippen LogP contribution in [0.4, 0.5) is 0 Å². The highest BCUT2D eigenvalue weighted by atomic mass is 16.7. The van der Waals surface area contributed by atoms with Gasteiger partial charge in [0.15, 0.2) is 0 Å². The van der Waals surface area contributed by atoms with Gasteiger partial charge in [0.1, 0.15) is 11.5 Å². The summed E-state index contributed by atoms with van der Waals surface area (Å²) in [6.07, 6.45) is 3.54. The van der Waals surface area contributed by atoms with Crippen LogP contribution in [-0.2, 0) is 0 Å². The Hall–Kier alpha value is -3.14. The van der Waals surface area contributed by atoms with Gasteiger partial charge in [-0.15, -0.1) is 0 Å². The van der Waals surface area contributed by atoms with Gasteiger partial charge in [0.05, 0.1) is 11.0 Å².